The first-order valence-corrected chi connectivity index (χ1v) is 9.46. The maximum Gasteiger partial charge on any atom is 0.256 e. The summed E-state index contributed by atoms with van der Waals surface area (Å²) in [4.78, 5) is 25.7. The van der Waals surface area contributed by atoms with Gasteiger partial charge >= 0.3 is 0 Å². The number of hydrogen-bond acceptors (Lipinski definition) is 6. The summed E-state index contributed by atoms with van der Waals surface area (Å²) in [6.07, 6.45) is 11.0. The Morgan fingerprint density at radius 3 is 2.70 bits per heavy atom. The van der Waals surface area contributed by atoms with Gasteiger partial charge in [0, 0.05) is 50.7 Å². The van der Waals surface area contributed by atoms with Gasteiger partial charge < -0.3 is 10.1 Å². The van der Waals surface area contributed by atoms with Crippen LogP contribution in [0, 0.1) is 5.92 Å². The van der Waals surface area contributed by atoms with E-state index in [0.29, 0.717) is 24.6 Å². The van der Waals surface area contributed by atoms with E-state index in [1.165, 1.54) is 0 Å². The molecule has 0 radical (unpaired) electrons. The van der Waals surface area contributed by atoms with Crippen molar-refractivity contribution in [2.75, 3.05) is 20.3 Å². The lowest BCUT2D eigenvalue weighted by molar-refractivity contribution is 0.0667. The molecule has 3 heterocycles. The fraction of sp³-hybridized carbons (Fsp3) is 0.526. The highest BCUT2D eigenvalue weighted by Crippen LogP contribution is 2.40. The van der Waals surface area contributed by atoms with Gasteiger partial charge in [-0.05, 0) is 31.7 Å². The van der Waals surface area contributed by atoms with Crippen molar-refractivity contribution in [1.29, 1.82) is 0 Å². The van der Waals surface area contributed by atoms with E-state index in [4.69, 9.17) is 9.73 Å². The molecule has 2 aromatic rings. The molecule has 0 aromatic carbocycles. The summed E-state index contributed by atoms with van der Waals surface area (Å²) in [6.45, 7) is 1.41. The molecule has 1 saturated heterocycles. The van der Waals surface area contributed by atoms with Gasteiger partial charge in [-0.15, -0.1) is 0 Å². The average molecular weight is 368 g/mol. The van der Waals surface area contributed by atoms with Crippen LogP contribution in [0.15, 0.2) is 29.6 Å². The Morgan fingerprint density at radius 2 is 2.04 bits per heavy atom. The van der Waals surface area contributed by atoms with Crippen molar-refractivity contribution in [3.05, 3.63) is 36.0 Å². The van der Waals surface area contributed by atoms with E-state index in [0.717, 1.165) is 31.5 Å². The van der Waals surface area contributed by atoms with Crippen LogP contribution in [0.4, 0.5) is 5.82 Å². The van der Waals surface area contributed by atoms with Gasteiger partial charge in [0.25, 0.3) is 5.91 Å². The smallest absolute Gasteiger partial charge is 0.256 e. The molecule has 1 aliphatic carbocycles. The van der Waals surface area contributed by atoms with Gasteiger partial charge in [0.05, 0.1) is 12.2 Å². The van der Waals surface area contributed by atoms with Crippen LogP contribution >= 0.6 is 0 Å². The summed E-state index contributed by atoms with van der Waals surface area (Å²) in [5.41, 5.74) is 0.507. The molecule has 2 aliphatic rings. The third-order valence-corrected chi connectivity index (χ3v) is 5.41. The second kappa shape index (κ2) is 7.96. The van der Waals surface area contributed by atoms with Crippen molar-refractivity contribution in [1.82, 2.24) is 25.1 Å². The second-order valence-corrected chi connectivity index (χ2v) is 6.98. The molecule has 0 spiro atoms. The molecule has 1 N–H and O–H groups in total. The highest BCUT2D eigenvalue weighted by Gasteiger charge is 2.33. The van der Waals surface area contributed by atoms with Gasteiger partial charge in [-0.3, -0.25) is 4.79 Å². The first-order chi connectivity index (χ1) is 13.3. The first-order valence-electron chi connectivity index (χ1n) is 9.46. The van der Waals surface area contributed by atoms with E-state index >= 15 is 0 Å². The molecule has 1 saturated carbocycles. The lowest BCUT2D eigenvalue weighted by atomic mass is 9.74. The van der Waals surface area contributed by atoms with Crippen LogP contribution in [-0.4, -0.2) is 52.1 Å². The molecule has 142 valence electrons. The Hall–Kier alpha value is -2.61. The zero-order valence-corrected chi connectivity index (χ0v) is 15.4. The molecule has 1 amide bonds. The topological polar surface area (TPSA) is 94.3 Å². The summed E-state index contributed by atoms with van der Waals surface area (Å²) >= 11 is 0. The zero-order valence-electron chi connectivity index (χ0n) is 15.4. The van der Waals surface area contributed by atoms with Crippen LogP contribution in [0.2, 0.25) is 0 Å². The number of nitrogens with zero attached hydrogens (tertiary/aromatic N) is 5. The van der Waals surface area contributed by atoms with Crippen LogP contribution in [0.5, 0.6) is 0 Å². The minimum atomic E-state index is -0.169. The summed E-state index contributed by atoms with van der Waals surface area (Å²) in [6, 6.07) is 2.03. The lowest BCUT2D eigenvalue weighted by Gasteiger charge is -2.32. The van der Waals surface area contributed by atoms with Crippen molar-refractivity contribution in [2.24, 2.45) is 10.9 Å². The monoisotopic (exact) mass is 368 g/mol. The number of carbonyl (C=O) groups is 1. The number of rotatable bonds is 5. The number of carbonyl (C=O) groups excluding carboxylic acids is 1. The predicted molar refractivity (Wildman–Crippen MR) is 100 cm³/mol. The van der Waals surface area contributed by atoms with Gasteiger partial charge in [-0.1, -0.05) is 0 Å². The van der Waals surface area contributed by atoms with E-state index < -0.39 is 0 Å². The fourth-order valence-electron chi connectivity index (χ4n) is 3.67. The molecule has 2 fully saturated rings. The van der Waals surface area contributed by atoms with Crippen molar-refractivity contribution < 1.29 is 9.53 Å². The van der Waals surface area contributed by atoms with Gasteiger partial charge in [-0.2, -0.15) is 5.10 Å². The number of aliphatic imine (C=N–C) groups is 1. The minimum absolute atomic E-state index is 0.169. The Labute approximate surface area is 158 Å². The molecular formula is C19H24N6O2. The quantitative estimate of drug-likeness (QED) is 0.817. The minimum Gasteiger partial charge on any atom is -0.381 e. The van der Waals surface area contributed by atoms with Crippen LogP contribution in [0.1, 0.15) is 53.8 Å². The zero-order chi connectivity index (χ0) is 18.6. The summed E-state index contributed by atoms with van der Waals surface area (Å²) in [5, 5.41) is 7.15. The highest BCUT2D eigenvalue weighted by molar-refractivity contribution is 5.98. The standard InChI is InChI=1S/C19H24N6O2/c1-20-19(26)16-12-24-25(14-5-9-27-10-6-14)18(16)23-11-13-3-4-15(13)17-21-7-2-8-22-17/h2,7-8,11-15H,3-6,9-10H2,1H3,(H,20,26)/t13-,15-/m1/s1. The molecule has 2 atom stereocenters. The molecule has 8 heteroatoms. The van der Waals surface area contributed by atoms with Gasteiger partial charge in [-0.25, -0.2) is 19.6 Å². The fourth-order valence-corrected chi connectivity index (χ4v) is 3.67. The van der Waals surface area contributed by atoms with Crippen LogP contribution in [-0.2, 0) is 4.74 Å². The van der Waals surface area contributed by atoms with Crippen LogP contribution < -0.4 is 5.32 Å². The largest absolute Gasteiger partial charge is 0.381 e. The normalized spacial score (nSPS) is 23.3. The lowest BCUT2D eigenvalue weighted by Crippen LogP contribution is -2.27. The molecule has 27 heavy (non-hydrogen) atoms. The van der Waals surface area contributed by atoms with E-state index in [1.54, 1.807) is 25.6 Å². The summed E-state index contributed by atoms with van der Waals surface area (Å²) < 4.78 is 7.34. The Kier molecular flexibility index (Phi) is 5.24. The van der Waals surface area contributed by atoms with Crippen LogP contribution in [0.25, 0.3) is 0 Å². The average Bonchev–Trinajstić information content (AvgIpc) is 3.12. The maximum absolute atomic E-state index is 12.3. The van der Waals surface area contributed by atoms with Gasteiger partial charge in [0.1, 0.15) is 11.4 Å². The summed E-state index contributed by atoms with van der Waals surface area (Å²) in [5.74, 6) is 1.89. The summed E-state index contributed by atoms with van der Waals surface area (Å²) in [7, 11) is 1.62. The number of hydrogen-bond donors (Lipinski definition) is 1. The predicted octanol–water partition coefficient (Wildman–Crippen LogP) is 2.28. The SMILES string of the molecule is CNC(=O)c1cnn(C2CCOCC2)c1N=C[C@H]1CC[C@H]1c1ncccn1. The number of ether oxygens (including phenoxy) is 1. The number of aromatic nitrogens is 4. The number of nitrogens with one attached hydrogen (secondary N) is 1. The van der Waals surface area contributed by atoms with Crippen molar-refractivity contribution in [3.8, 4) is 0 Å². The van der Waals surface area contributed by atoms with E-state index in [9.17, 15) is 4.79 Å². The van der Waals surface area contributed by atoms with Crippen molar-refractivity contribution in [3.63, 3.8) is 0 Å². The molecule has 0 bridgehead atoms. The molecule has 8 nitrogen and oxygen atoms in total. The first kappa shape index (κ1) is 17.8. The Bertz CT molecular complexity index is 813. The van der Waals surface area contributed by atoms with Gasteiger partial charge in [0.2, 0.25) is 0 Å². The maximum atomic E-state index is 12.3. The Balaban J connectivity index is 1.59. The molecule has 4 rings (SSSR count). The molecule has 1 aliphatic heterocycles. The van der Waals surface area contributed by atoms with E-state index in [1.807, 2.05) is 17.0 Å². The molecule has 2 aromatic heterocycles. The molecular weight excluding hydrogens is 344 g/mol. The van der Waals surface area contributed by atoms with E-state index in [2.05, 4.69) is 20.4 Å². The third-order valence-electron chi connectivity index (χ3n) is 5.41. The second-order valence-electron chi connectivity index (χ2n) is 6.98. The van der Waals surface area contributed by atoms with Crippen LogP contribution in [0.3, 0.4) is 0 Å². The highest BCUT2D eigenvalue weighted by atomic mass is 16.5. The molecule has 0 unspecified atom stereocenters. The number of amides is 1. The Morgan fingerprint density at radius 1 is 1.26 bits per heavy atom. The van der Waals surface area contributed by atoms with Crippen molar-refractivity contribution in [2.45, 2.75) is 37.6 Å². The van der Waals surface area contributed by atoms with E-state index in [-0.39, 0.29) is 23.8 Å². The van der Waals surface area contributed by atoms with Gasteiger partial charge in [0.15, 0.2) is 5.82 Å². The third kappa shape index (κ3) is 3.62. The van der Waals surface area contributed by atoms with Crippen molar-refractivity contribution >= 4 is 17.9 Å².